The largest absolute Gasteiger partial charge is 0.478 e. The van der Waals surface area contributed by atoms with Gasteiger partial charge in [0.2, 0.25) is 5.69 Å². The van der Waals surface area contributed by atoms with Gasteiger partial charge in [-0.15, -0.1) is 0 Å². The van der Waals surface area contributed by atoms with E-state index in [2.05, 4.69) is 46.1 Å². The lowest BCUT2D eigenvalue weighted by molar-refractivity contribution is 0.0696. The minimum atomic E-state index is -0.968. The highest BCUT2D eigenvalue weighted by Gasteiger charge is 2.12. The molecule has 8 aromatic rings. The van der Waals surface area contributed by atoms with Gasteiger partial charge in [0, 0.05) is 84.4 Å². The fourth-order valence-electron chi connectivity index (χ4n) is 7.16. The smallest absolute Gasteiger partial charge is 0.335 e. The Morgan fingerprint density at radius 2 is 1.25 bits per heavy atom. The van der Waals surface area contributed by atoms with Gasteiger partial charge in [0.25, 0.3) is 5.91 Å². The van der Waals surface area contributed by atoms with E-state index >= 15 is 0 Å². The van der Waals surface area contributed by atoms with Crippen molar-refractivity contribution in [2.75, 3.05) is 11.5 Å². The highest BCUT2D eigenvalue weighted by molar-refractivity contribution is 5.94. The molecule has 8 rings (SSSR count). The van der Waals surface area contributed by atoms with E-state index < -0.39 is 5.97 Å². The summed E-state index contributed by atoms with van der Waals surface area (Å²) in [5, 5.41) is 22.7. The summed E-state index contributed by atoms with van der Waals surface area (Å²) >= 11 is 0. The van der Waals surface area contributed by atoms with Crippen LogP contribution in [0.4, 0.5) is 17.3 Å². The van der Waals surface area contributed by atoms with Crippen LogP contribution in [0.5, 0.6) is 0 Å². The molecule has 8 N–H and O–H groups in total. The van der Waals surface area contributed by atoms with Crippen LogP contribution in [0.25, 0.3) is 26.7 Å². The molecule has 1 amide bonds. The summed E-state index contributed by atoms with van der Waals surface area (Å²) in [6.45, 7) is 15.8. The van der Waals surface area contributed by atoms with Gasteiger partial charge in [-0.2, -0.15) is 5.26 Å². The van der Waals surface area contributed by atoms with Crippen LogP contribution in [0.15, 0.2) is 110 Å². The number of nitriles is 1. The van der Waals surface area contributed by atoms with Crippen molar-refractivity contribution >= 4 is 51.0 Å². The van der Waals surface area contributed by atoms with Crippen LogP contribution in [0.2, 0.25) is 0 Å². The zero-order chi connectivity index (χ0) is 46.6. The summed E-state index contributed by atoms with van der Waals surface area (Å²) in [5.74, 6) is -0.0976. The SMILES string of the molecule is Cc1cc(N)nc(C)c1CN.N#Cc1cnc2ccc(Cc3cc(C(=O)O)ccn3)cc2c1.[C-]#[N+]c1cnc2ccc(Cc3cc(C(=O)NCc4c(C)cc(N)nc4C)ccn3)cc2c1. The Balaban J connectivity index is 0.000000182. The number of carbonyl (C=O) groups excluding carboxylic acids is 1. The van der Waals surface area contributed by atoms with Crippen LogP contribution in [0.3, 0.4) is 0 Å². The highest BCUT2D eigenvalue weighted by atomic mass is 16.4. The highest BCUT2D eigenvalue weighted by Crippen LogP contribution is 2.22. The number of carboxylic acids is 1. The topological polar surface area (TPSA) is 250 Å². The van der Waals surface area contributed by atoms with E-state index in [4.69, 9.17) is 34.1 Å². The van der Waals surface area contributed by atoms with E-state index in [1.165, 1.54) is 12.3 Å². The molecule has 15 nitrogen and oxygen atoms in total. The number of aryl methyl sites for hydroxylation is 4. The maximum atomic E-state index is 12.7. The number of aromatic carboxylic acids is 1. The normalized spacial score (nSPS) is 10.4. The summed E-state index contributed by atoms with van der Waals surface area (Å²) in [7, 11) is 0. The van der Waals surface area contributed by atoms with Gasteiger partial charge in [0.1, 0.15) is 17.7 Å². The number of hydrogen-bond acceptors (Lipinski definition) is 12. The predicted octanol–water partition coefficient (Wildman–Crippen LogP) is 7.83. The average molecular weight is 863 g/mol. The number of rotatable bonds is 9. The van der Waals surface area contributed by atoms with Crippen molar-refractivity contribution in [3.8, 4) is 6.07 Å². The number of fused-ring (bicyclic) bond motifs is 2. The molecule has 0 saturated heterocycles. The molecule has 0 saturated carbocycles. The first kappa shape index (κ1) is 45.9. The summed E-state index contributed by atoms with van der Waals surface area (Å²) in [4.78, 5) is 52.7. The Morgan fingerprint density at radius 3 is 1.78 bits per heavy atom. The number of benzene rings is 2. The molecule has 15 heteroatoms. The van der Waals surface area contributed by atoms with Crippen molar-refractivity contribution in [2.24, 2.45) is 5.73 Å². The summed E-state index contributed by atoms with van der Waals surface area (Å²) in [5.41, 5.74) is 29.7. The molecule has 0 aliphatic rings. The van der Waals surface area contributed by atoms with E-state index in [-0.39, 0.29) is 11.5 Å². The maximum Gasteiger partial charge on any atom is 0.335 e. The molecule has 0 radical (unpaired) electrons. The van der Waals surface area contributed by atoms with Gasteiger partial charge >= 0.3 is 5.97 Å². The third kappa shape index (κ3) is 12.0. The first-order chi connectivity index (χ1) is 31.2. The molecular weight excluding hydrogens is 817 g/mol. The standard InChI is InChI=1S/C25H22N6O.C17H11N3O2.C8H13N3/c1-15-8-24(26)31-16(2)22(15)14-30-25(32)18-6-7-28-20(11-18)10-17-4-5-23-19(9-17)12-21(27-3)13-29-23;18-9-12-6-14-5-11(1-2-16(14)20-10-12)7-15-8-13(17(21)22)3-4-19-15;1-5-3-8(10)11-6(2)7(5)4-9/h4-9,11-13H,10,14H2,1-2H3,(H2,26,31)(H,30,32);1-6,8,10H,7H2,(H,21,22);3H,4,9H2,1-2H3,(H2,10,11). The van der Waals surface area contributed by atoms with Gasteiger partial charge in [0.05, 0.1) is 28.7 Å². The van der Waals surface area contributed by atoms with Crippen molar-refractivity contribution in [2.45, 2.75) is 53.6 Å². The first-order valence-corrected chi connectivity index (χ1v) is 20.3. The quantitative estimate of drug-likeness (QED) is 0.0869. The third-order valence-electron chi connectivity index (χ3n) is 10.4. The van der Waals surface area contributed by atoms with Crippen molar-refractivity contribution in [3.63, 3.8) is 0 Å². The zero-order valence-electron chi connectivity index (χ0n) is 36.3. The Labute approximate surface area is 375 Å². The van der Waals surface area contributed by atoms with E-state index in [1.807, 2.05) is 76.2 Å². The molecule has 324 valence electrons. The summed E-state index contributed by atoms with van der Waals surface area (Å²) in [6, 6.07) is 27.5. The first-order valence-electron chi connectivity index (χ1n) is 20.3. The maximum absolute atomic E-state index is 12.7. The molecule has 65 heavy (non-hydrogen) atoms. The molecule has 0 bridgehead atoms. The number of hydrogen-bond donors (Lipinski definition) is 5. The minimum absolute atomic E-state index is 0.173. The molecule has 0 atom stereocenters. The van der Waals surface area contributed by atoms with E-state index in [1.54, 1.807) is 48.9 Å². The Bertz CT molecular complexity index is 3110. The van der Waals surface area contributed by atoms with Gasteiger partial charge in [0.15, 0.2) is 0 Å². The number of carbonyl (C=O) groups is 2. The molecule has 0 unspecified atom stereocenters. The lowest BCUT2D eigenvalue weighted by Gasteiger charge is -2.12. The number of nitrogens with two attached hydrogens (primary N) is 3. The van der Waals surface area contributed by atoms with Gasteiger partial charge in [-0.1, -0.05) is 18.2 Å². The number of amides is 1. The molecule has 6 aromatic heterocycles. The molecule has 0 aliphatic heterocycles. The second-order valence-corrected chi connectivity index (χ2v) is 15.2. The Morgan fingerprint density at radius 1 is 0.708 bits per heavy atom. The number of carboxylic acid groups (broad SMARTS) is 1. The van der Waals surface area contributed by atoms with Gasteiger partial charge in [-0.25, -0.2) is 19.6 Å². The predicted molar refractivity (Wildman–Crippen MR) is 251 cm³/mol. The lowest BCUT2D eigenvalue weighted by Crippen LogP contribution is -2.24. The fraction of sp³-hybridized carbons (Fsp3) is 0.160. The Kier molecular flexibility index (Phi) is 14.8. The van der Waals surface area contributed by atoms with Gasteiger partial charge in [-0.3, -0.25) is 24.7 Å². The second kappa shape index (κ2) is 20.9. The molecule has 0 aliphatic carbocycles. The van der Waals surface area contributed by atoms with Crippen molar-refractivity contribution in [1.82, 2.24) is 35.2 Å². The number of nitrogens with one attached hydrogen (secondary N) is 1. The zero-order valence-corrected chi connectivity index (χ0v) is 36.3. The van der Waals surface area contributed by atoms with Gasteiger partial charge < -0.3 is 27.6 Å². The summed E-state index contributed by atoms with van der Waals surface area (Å²) < 4.78 is 0. The summed E-state index contributed by atoms with van der Waals surface area (Å²) in [6.07, 6.45) is 7.34. The average Bonchev–Trinajstić information content (AvgIpc) is 3.28. The number of anilines is 2. The van der Waals surface area contributed by atoms with Crippen LogP contribution in [-0.4, -0.2) is 46.9 Å². The third-order valence-corrected chi connectivity index (χ3v) is 10.4. The van der Waals surface area contributed by atoms with Crippen molar-refractivity contribution in [3.05, 3.63) is 194 Å². The van der Waals surface area contributed by atoms with E-state index in [9.17, 15) is 9.59 Å². The van der Waals surface area contributed by atoms with Crippen molar-refractivity contribution in [1.29, 1.82) is 5.26 Å². The molecule has 6 heterocycles. The molecular formula is C50H46N12O3. The van der Waals surface area contributed by atoms with Crippen LogP contribution in [0.1, 0.15) is 82.4 Å². The van der Waals surface area contributed by atoms with E-state index in [0.717, 1.165) is 72.3 Å². The van der Waals surface area contributed by atoms with Crippen LogP contribution in [0, 0.1) is 45.6 Å². The van der Waals surface area contributed by atoms with Crippen LogP contribution < -0.4 is 22.5 Å². The number of nitrogens with zero attached hydrogens (tertiary/aromatic N) is 8. The van der Waals surface area contributed by atoms with Crippen LogP contribution >= 0.6 is 0 Å². The number of aromatic nitrogens is 6. The number of pyridine rings is 6. The second-order valence-electron chi connectivity index (χ2n) is 15.2. The van der Waals surface area contributed by atoms with E-state index in [0.29, 0.717) is 60.1 Å². The number of nitrogen functional groups attached to an aromatic ring is 2. The van der Waals surface area contributed by atoms with Crippen molar-refractivity contribution < 1.29 is 14.7 Å². The molecule has 2 aromatic carbocycles. The minimum Gasteiger partial charge on any atom is -0.478 e. The fourth-order valence-corrected chi connectivity index (χ4v) is 7.16. The monoisotopic (exact) mass is 862 g/mol. The Hall–Kier alpha value is -8.66. The van der Waals surface area contributed by atoms with Gasteiger partial charge in [-0.05, 0) is 133 Å². The molecule has 0 spiro atoms. The van der Waals surface area contributed by atoms with Crippen LogP contribution in [-0.2, 0) is 25.9 Å². The lowest BCUT2D eigenvalue weighted by atomic mass is 10.0. The molecule has 0 fully saturated rings.